The van der Waals surface area contributed by atoms with Crippen LogP contribution in [0.15, 0.2) is 21.7 Å². The Kier molecular flexibility index (Phi) is 2.68. The lowest BCUT2D eigenvalue weighted by Crippen LogP contribution is -2.00. The Hall–Kier alpha value is -2.53. The number of methoxy groups -OCH3 is 1. The summed E-state index contributed by atoms with van der Waals surface area (Å²) in [6.07, 6.45) is 0. The third-order valence-electron chi connectivity index (χ3n) is 2.15. The van der Waals surface area contributed by atoms with Crippen LogP contribution in [0.2, 0.25) is 0 Å². The molecule has 0 atom stereocenters. The number of oxazole rings is 1. The van der Waals surface area contributed by atoms with Crippen molar-refractivity contribution in [1.29, 1.82) is 0 Å². The maximum absolute atomic E-state index is 11.4. The molecule has 7 heteroatoms. The summed E-state index contributed by atoms with van der Waals surface area (Å²) >= 11 is 0. The molecule has 0 saturated carbocycles. The van der Waals surface area contributed by atoms with Gasteiger partial charge in [0.1, 0.15) is 5.52 Å². The number of fused-ring (bicyclic) bond motifs is 1. The molecular formula is C10H8N4O3. The first-order valence-corrected chi connectivity index (χ1v) is 4.70. The summed E-state index contributed by atoms with van der Waals surface area (Å²) in [5.74, 6) is -0.0988. The van der Waals surface area contributed by atoms with Gasteiger partial charge in [-0.15, -0.1) is 0 Å². The minimum absolute atomic E-state index is 0.214. The third kappa shape index (κ3) is 1.91. The fraction of sp³-hybridized carbons (Fsp3) is 0.200. The van der Waals surface area contributed by atoms with Gasteiger partial charge in [0.05, 0.1) is 18.4 Å². The molecule has 0 saturated heterocycles. The Morgan fingerprint density at radius 3 is 3.00 bits per heavy atom. The van der Waals surface area contributed by atoms with Crippen molar-refractivity contribution >= 4 is 22.8 Å². The summed E-state index contributed by atoms with van der Waals surface area (Å²) in [5, 5.41) is 3.46. The SMILES string of the molecule is COC(=O)c1cc(N=[N+]=[N-])c2oc(C)nc2c1. The molecule has 0 unspecified atom stereocenters. The Bertz CT molecular complexity index is 640. The summed E-state index contributed by atoms with van der Waals surface area (Å²) in [5.41, 5.74) is 9.73. The topological polar surface area (TPSA) is 101 Å². The van der Waals surface area contributed by atoms with Gasteiger partial charge < -0.3 is 9.15 Å². The highest BCUT2D eigenvalue weighted by Crippen LogP contribution is 2.29. The zero-order valence-corrected chi connectivity index (χ0v) is 9.17. The first-order chi connectivity index (χ1) is 8.15. The molecule has 1 aromatic heterocycles. The molecule has 0 radical (unpaired) electrons. The van der Waals surface area contributed by atoms with Crippen molar-refractivity contribution < 1.29 is 13.9 Å². The molecule has 2 rings (SSSR count). The highest BCUT2D eigenvalue weighted by atomic mass is 16.5. The van der Waals surface area contributed by atoms with Gasteiger partial charge in [0, 0.05) is 11.8 Å². The number of benzene rings is 1. The number of carbonyl (C=O) groups excluding carboxylic acids is 1. The predicted octanol–water partition coefficient (Wildman–Crippen LogP) is 2.86. The van der Waals surface area contributed by atoms with E-state index >= 15 is 0 Å². The summed E-state index contributed by atoms with van der Waals surface area (Å²) in [4.78, 5) is 18.2. The lowest BCUT2D eigenvalue weighted by Gasteiger charge is -2.00. The van der Waals surface area contributed by atoms with Crippen LogP contribution in [0.5, 0.6) is 0 Å². The molecule has 0 fully saturated rings. The number of hydrogen-bond acceptors (Lipinski definition) is 5. The first kappa shape index (κ1) is 11.0. The summed E-state index contributed by atoms with van der Waals surface area (Å²) < 4.78 is 9.88. The summed E-state index contributed by atoms with van der Waals surface area (Å²) in [7, 11) is 1.27. The largest absolute Gasteiger partial charge is 0.465 e. The van der Waals surface area contributed by atoms with E-state index in [0.29, 0.717) is 17.0 Å². The van der Waals surface area contributed by atoms with Crippen LogP contribution >= 0.6 is 0 Å². The quantitative estimate of drug-likeness (QED) is 0.343. The maximum Gasteiger partial charge on any atom is 0.337 e. The number of aromatic nitrogens is 1. The van der Waals surface area contributed by atoms with Crippen LogP contribution in [0.25, 0.3) is 21.5 Å². The number of ether oxygens (including phenoxy) is 1. The number of carbonyl (C=O) groups is 1. The average molecular weight is 232 g/mol. The van der Waals surface area contributed by atoms with Crippen LogP contribution in [0, 0.1) is 6.92 Å². The molecular weight excluding hydrogens is 224 g/mol. The fourth-order valence-electron chi connectivity index (χ4n) is 1.48. The zero-order chi connectivity index (χ0) is 12.4. The second kappa shape index (κ2) is 4.15. The average Bonchev–Trinajstić information content (AvgIpc) is 2.69. The zero-order valence-electron chi connectivity index (χ0n) is 9.17. The van der Waals surface area contributed by atoms with Crippen LogP contribution < -0.4 is 0 Å². The van der Waals surface area contributed by atoms with E-state index in [1.54, 1.807) is 6.92 Å². The van der Waals surface area contributed by atoms with Gasteiger partial charge in [-0.3, -0.25) is 0 Å². The number of hydrogen-bond donors (Lipinski definition) is 0. The van der Waals surface area contributed by atoms with Crippen LogP contribution in [-0.2, 0) is 4.74 Å². The van der Waals surface area contributed by atoms with Crippen molar-refractivity contribution in [1.82, 2.24) is 4.98 Å². The molecule has 17 heavy (non-hydrogen) atoms. The van der Waals surface area contributed by atoms with Crippen LogP contribution in [0.1, 0.15) is 16.2 Å². The normalized spacial score (nSPS) is 10.0. The van der Waals surface area contributed by atoms with Crippen LogP contribution in [-0.4, -0.2) is 18.1 Å². The highest BCUT2D eigenvalue weighted by Gasteiger charge is 2.13. The summed E-state index contributed by atoms with van der Waals surface area (Å²) in [6, 6.07) is 2.92. The molecule has 0 amide bonds. The molecule has 0 N–H and O–H groups in total. The van der Waals surface area contributed by atoms with Crippen LogP contribution in [0.4, 0.5) is 5.69 Å². The van der Waals surface area contributed by atoms with Gasteiger partial charge in [0.2, 0.25) is 0 Å². The number of esters is 1. The van der Waals surface area contributed by atoms with Gasteiger partial charge >= 0.3 is 5.97 Å². The Labute approximate surface area is 95.6 Å². The van der Waals surface area contributed by atoms with E-state index < -0.39 is 5.97 Å². The second-order valence-electron chi connectivity index (χ2n) is 3.26. The van der Waals surface area contributed by atoms with Gasteiger partial charge in [-0.25, -0.2) is 9.78 Å². The van der Waals surface area contributed by atoms with E-state index in [1.165, 1.54) is 19.2 Å². The third-order valence-corrected chi connectivity index (χ3v) is 2.15. The Balaban J connectivity index is 2.74. The molecule has 86 valence electrons. The maximum atomic E-state index is 11.4. The number of aryl methyl sites for hydroxylation is 1. The van der Waals surface area contributed by atoms with Gasteiger partial charge in [0.15, 0.2) is 11.5 Å². The molecule has 0 aliphatic carbocycles. The van der Waals surface area contributed by atoms with E-state index in [-0.39, 0.29) is 11.3 Å². The smallest absolute Gasteiger partial charge is 0.337 e. The van der Waals surface area contributed by atoms with Crippen molar-refractivity contribution in [2.45, 2.75) is 6.92 Å². The molecule has 0 spiro atoms. The van der Waals surface area contributed by atoms with E-state index in [2.05, 4.69) is 19.7 Å². The molecule has 1 aromatic carbocycles. The van der Waals surface area contributed by atoms with Gasteiger partial charge in [0.25, 0.3) is 0 Å². The van der Waals surface area contributed by atoms with E-state index in [0.717, 1.165) is 0 Å². The number of rotatable bonds is 2. The van der Waals surface area contributed by atoms with Crippen molar-refractivity contribution in [3.05, 3.63) is 34.0 Å². The summed E-state index contributed by atoms with van der Waals surface area (Å²) in [6.45, 7) is 1.66. The molecule has 1 heterocycles. The van der Waals surface area contributed by atoms with Crippen molar-refractivity contribution in [2.24, 2.45) is 5.11 Å². The molecule has 0 aliphatic heterocycles. The van der Waals surface area contributed by atoms with Crippen molar-refractivity contribution in [3.63, 3.8) is 0 Å². The lowest BCUT2D eigenvalue weighted by molar-refractivity contribution is 0.0601. The monoisotopic (exact) mass is 232 g/mol. The Morgan fingerprint density at radius 1 is 1.59 bits per heavy atom. The van der Waals surface area contributed by atoms with Crippen molar-refractivity contribution in [2.75, 3.05) is 7.11 Å². The number of azide groups is 1. The highest BCUT2D eigenvalue weighted by molar-refractivity contribution is 5.97. The van der Waals surface area contributed by atoms with E-state index in [4.69, 9.17) is 9.95 Å². The minimum atomic E-state index is -0.526. The van der Waals surface area contributed by atoms with E-state index in [1.807, 2.05) is 0 Å². The number of nitrogens with zero attached hydrogens (tertiary/aromatic N) is 4. The lowest BCUT2D eigenvalue weighted by atomic mass is 10.2. The van der Waals surface area contributed by atoms with Gasteiger partial charge in [-0.05, 0) is 17.7 Å². The van der Waals surface area contributed by atoms with Gasteiger partial charge in [-0.2, -0.15) is 0 Å². The molecule has 0 bridgehead atoms. The van der Waals surface area contributed by atoms with Crippen molar-refractivity contribution in [3.8, 4) is 0 Å². The Morgan fingerprint density at radius 2 is 2.35 bits per heavy atom. The van der Waals surface area contributed by atoms with Crippen LogP contribution in [0.3, 0.4) is 0 Å². The molecule has 7 nitrogen and oxygen atoms in total. The first-order valence-electron chi connectivity index (χ1n) is 4.70. The molecule has 0 aliphatic rings. The predicted molar refractivity (Wildman–Crippen MR) is 58.9 cm³/mol. The fourth-order valence-corrected chi connectivity index (χ4v) is 1.48. The minimum Gasteiger partial charge on any atom is -0.465 e. The molecule has 2 aromatic rings. The standard InChI is InChI=1S/C10H8N4O3/c1-5-12-7-3-6(10(15)16-2)4-8(13-14-11)9(7)17-5/h3-4H,1-2H3. The van der Waals surface area contributed by atoms with E-state index in [9.17, 15) is 4.79 Å². The second-order valence-corrected chi connectivity index (χ2v) is 3.26. The van der Waals surface area contributed by atoms with Gasteiger partial charge in [-0.1, -0.05) is 5.11 Å².